The van der Waals surface area contributed by atoms with Gasteiger partial charge in [-0.25, -0.2) is 18.2 Å². The fourth-order valence-electron chi connectivity index (χ4n) is 2.09. The monoisotopic (exact) mass is 323 g/mol. The number of fused-ring (bicyclic) bond motifs is 1. The number of aromatic hydroxyl groups is 1. The molecule has 22 heavy (non-hydrogen) atoms. The molecule has 0 aliphatic rings. The van der Waals surface area contributed by atoms with Crippen LogP contribution in [0.15, 0.2) is 24.3 Å². The van der Waals surface area contributed by atoms with Gasteiger partial charge in [0.2, 0.25) is 0 Å². The molecule has 2 nitrogen and oxygen atoms in total. The number of halogens is 6. The maximum absolute atomic E-state index is 13.6. The number of rotatable bonds is 4. The highest BCUT2D eigenvalue weighted by molar-refractivity contribution is 5.88. The predicted octanol–water partition coefficient (Wildman–Crippen LogP) is 4.15. The maximum Gasteiger partial charge on any atom is 0.433 e. The second-order valence-electron chi connectivity index (χ2n) is 4.73. The molecule has 0 saturated carbocycles. The highest BCUT2D eigenvalue weighted by Gasteiger charge is 2.34. The molecule has 2 aromatic rings. The highest BCUT2D eigenvalue weighted by atomic mass is 19.4. The van der Waals surface area contributed by atoms with E-state index < -0.39 is 43.1 Å². The summed E-state index contributed by atoms with van der Waals surface area (Å²) >= 11 is 0. The number of aromatic nitrogens is 1. The van der Waals surface area contributed by atoms with Gasteiger partial charge in [-0.05, 0) is 23.8 Å². The first-order valence-corrected chi connectivity index (χ1v) is 6.27. The van der Waals surface area contributed by atoms with Crippen LogP contribution < -0.4 is 0 Å². The van der Waals surface area contributed by atoms with Crippen LogP contribution >= 0.6 is 0 Å². The van der Waals surface area contributed by atoms with Crippen molar-refractivity contribution >= 4 is 10.9 Å². The van der Waals surface area contributed by atoms with Crippen molar-refractivity contribution in [3.8, 4) is 5.75 Å². The molecule has 2 atom stereocenters. The molecule has 0 aliphatic heterocycles. The number of hydrogen-bond acceptors (Lipinski definition) is 2. The van der Waals surface area contributed by atoms with E-state index in [1.807, 2.05) is 0 Å². The lowest BCUT2D eigenvalue weighted by atomic mass is 10.00. The molecular weight excluding hydrogens is 312 g/mol. The van der Waals surface area contributed by atoms with E-state index in [4.69, 9.17) is 0 Å². The quantitative estimate of drug-likeness (QED) is 0.858. The van der Waals surface area contributed by atoms with Gasteiger partial charge in [-0.15, -0.1) is 0 Å². The molecule has 0 radical (unpaired) electrons. The van der Waals surface area contributed by atoms with Gasteiger partial charge in [-0.3, -0.25) is 0 Å². The first kappa shape index (κ1) is 16.4. The molecule has 1 aromatic carbocycles. The maximum atomic E-state index is 13.6. The molecule has 0 aliphatic carbocycles. The third-order valence-corrected chi connectivity index (χ3v) is 3.14. The summed E-state index contributed by atoms with van der Waals surface area (Å²) in [6.07, 6.45) is -10.3. The summed E-state index contributed by atoms with van der Waals surface area (Å²) in [7, 11) is 0. The van der Waals surface area contributed by atoms with Gasteiger partial charge in [0.15, 0.2) is 6.17 Å². The molecule has 0 saturated heterocycles. The van der Waals surface area contributed by atoms with E-state index in [1.165, 1.54) is 18.2 Å². The molecule has 0 fully saturated rings. The van der Waals surface area contributed by atoms with Crippen LogP contribution in [0.4, 0.5) is 26.3 Å². The van der Waals surface area contributed by atoms with Gasteiger partial charge in [-0.1, -0.05) is 6.07 Å². The Morgan fingerprint density at radius 1 is 1.14 bits per heavy atom. The third kappa shape index (κ3) is 3.26. The number of phenols is 1. The molecule has 2 unspecified atom stereocenters. The lowest BCUT2D eigenvalue weighted by molar-refractivity contribution is -0.141. The molecule has 8 heteroatoms. The van der Waals surface area contributed by atoms with Crippen LogP contribution in [-0.4, -0.2) is 29.1 Å². The van der Waals surface area contributed by atoms with Crippen LogP contribution in [0.25, 0.3) is 10.9 Å². The van der Waals surface area contributed by atoms with Crippen molar-refractivity contribution in [2.75, 3.05) is 6.67 Å². The average molecular weight is 323 g/mol. The molecule has 1 N–H and O–H groups in total. The standard InChI is InChI=1S/C14H11F6NO/c15-6-9(17)8(16)4-7-5-12(14(18,19)20)21-10-2-1-3-11(22)13(7)10/h1-3,5,8-9,22H,4,6H2. The van der Waals surface area contributed by atoms with Crippen molar-refractivity contribution in [2.24, 2.45) is 0 Å². The largest absolute Gasteiger partial charge is 0.507 e. The molecule has 120 valence electrons. The number of phenolic OH excluding ortho intramolecular Hbond substituents is 1. The Bertz CT molecular complexity index is 672. The smallest absolute Gasteiger partial charge is 0.433 e. The van der Waals surface area contributed by atoms with Gasteiger partial charge in [0, 0.05) is 11.8 Å². The summed E-state index contributed by atoms with van der Waals surface area (Å²) in [5.74, 6) is -0.406. The van der Waals surface area contributed by atoms with Crippen LogP contribution in [-0.2, 0) is 12.6 Å². The molecule has 2 rings (SSSR count). The number of pyridine rings is 1. The summed E-state index contributed by atoms with van der Waals surface area (Å²) in [6.45, 7) is -1.58. The molecule has 0 bridgehead atoms. The van der Waals surface area contributed by atoms with Gasteiger partial charge in [-0.2, -0.15) is 13.2 Å². The van der Waals surface area contributed by atoms with Gasteiger partial charge >= 0.3 is 6.18 Å². The van der Waals surface area contributed by atoms with Crippen molar-refractivity contribution < 1.29 is 31.4 Å². The minimum absolute atomic E-state index is 0.107. The minimum Gasteiger partial charge on any atom is -0.507 e. The predicted molar refractivity (Wildman–Crippen MR) is 67.9 cm³/mol. The summed E-state index contributed by atoms with van der Waals surface area (Å²) in [6, 6.07) is 4.22. The molecule has 1 aromatic heterocycles. The first-order chi connectivity index (χ1) is 10.2. The van der Waals surface area contributed by atoms with Gasteiger partial charge in [0.05, 0.1) is 5.52 Å². The lowest BCUT2D eigenvalue weighted by Crippen LogP contribution is -2.22. The number of nitrogens with zero attached hydrogens (tertiary/aromatic N) is 1. The lowest BCUT2D eigenvalue weighted by Gasteiger charge is -2.15. The Morgan fingerprint density at radius 3 is 2.41 bits per heavy atom. The number of benzene rings is 1. The zero-order valence-corrected chi connectivity index (χ0v) is 11.0. The van der Waals surface area contributed by atoms with Crippen molar-refractivity contribution in [1.82, 2.24) is 4.98 Å². The highest BCUT2D eigenvalue weighted by Crippen LogP contribution is 2.34. The van der Waals surface area contributed by atoms with E-state index in [9.17, 15) is 31.4 Å². The second kappa shape index (κ2) is 6.02. The summed E-state index contributed by atoms with van der Waals surface area (Å²) in [5.41, 5.74) is -1.77. The first-order valence-electron chi connectivity index (χ1n) is 6.27. The van der Waals surface area contributed by atoms with Crippen molar-refractivity contribution in [1.29, 1.82) is 0 Å². The van der Waals surface area contributed by atoms with Gasteiger partial charge in [0.25, 0.3) is 0 Å². The van der Waals surface area contributed by atoms with E-state index in [0.717, 1.165) is 0 Å². The van der Waals surface area contributed by atoms with Crippen LogP contribution in [0.5, 0.6) is 5.75 Å². The van der Waals surface area contributed by atoms with E-state index in [2.05, 4.69) is 4.98 Å². The Balaban J connectivity index is 2.59. The minimum atomic E-state index is -4.78. The van der Waals surface area contributed by atoms with E-state index in [1.54, 1.807) is 0 Å². The van der Waals surface area contributed by atoms with Crippen LogP contribution in [0.2, 0.25) is 0 Å². The van der Waals surface area contributed by atoms with Crippen LogP contribution in [0.1, 0.15) is 11.3 Å². The van der Waals surface area contributed by atoms with Crippen molar-refractivity contribution in [3.63, 3.8) is 0 Å². The van der Waals surface area contributed by atoms with E-state index in [-0.39, 0.29) is 16.5 Å². The molecular formula is C14H11F6NO. The topological polar surface area (TPSA) is 33.1 Å². The zero-order valence-electron chi connectivity index (χ0n) is 11.0. The summed E-state index contributed by atoms with van der Waals surface area (Å²) in [4.78, 5) is 3.37. The van der Waals surface area contributed by atoms with Crippen LogP contribution in [0, 0.1) is 0 Å². The van der Waals surface area contributed by atoms with Gasteiger partial charge < -0.3 is 5.11 Å². The number of alkyl halides is 6. The Hall–Kier alpha value is -1.99. The summed E-state index contributed by atoms with van der Waals surface area (Å²) < 4.78 is 77.1. The molecule has 0 spiro atoms. The Labute approximate surface area is 121 Å². The Morgan fingerprint density at radius 2 is 1.82 bits per heavy atom. The van der Waals surface area contributed by atoms with E-state index >= 15 is 0 Å². The molecule has 1 heterocycles. The van der Waals surface area contributed by atoms with Crippen molar-refractivity contribution in [2.45, 2.75) is 24.9 Å². The van der Waals surface area contributed by atoms with Crippen molar-refractivity contribution in [3.05, 3.63) is 35.5 Å². The van der Waals surface area contributed by atoms with Gasteiger partial charge in [0.1, 0.15) is 24.3 Å². The SMILES string of the molecule is Oc1cccc2nc(C(F)(F)F)cc(CC(F)C(F)CF)c12. The fraction of sp³-hybridized carbons (Fsp3) is 0.357. The summed E-state index contributed by atoms with van der Waals surface area (Å²) in [5, 5.41) is 9.64. The second-order valence-corrected chi connectivity index (χ2v) is 4.73. The van der Waals surface area contributed by atoms with Crippen LogP contribution in [0.3, 0.4) is 0 Å². The average Bonchev–Trinajstić information content (AvgIpc) is 2.45. The fourth-order valence-corrected chi connectivity index (χ4v) is 2.09. The molecule has 0 amide bonds. The Kier molecular flexibility index (Phi) is 4.48. The normalized spacial score (nSPS) is 15.0. The third-order valence-electron chi connectivity index (χ3n) is 3.14. The zero-order chi connectivity index (χ0) is 16.5. The van der Waals surface area contributed by atoms with E-state index in [0.29, 0.717) is 6.07 Å². The number of hydrogen-bond donors (Lipinski definition) is 1.